The molecule has 0 aromatic heterocycles. The molecule has 1 rings (SSSR count). The van der Waals surface area contributed by atoms with E-state index in [1.165, 1.54) is 7.11 Å². The van der Waals surface area contributed by atoms with Crippen molar-refractivity contribution in [3.63, 3.8) is 0 Å². The van der Waals surface area contributed by atoms with Crippen LogP contribution in [0.25, 0.3) is 0 Å². The van der Waals surface area contributed by atoms with E-state index in [1.54, 1.807) is 12.1 Å². The first-order valence-electron chi connectivity index (χ1n) is 4.60. The topological polar surface area (TPSA) is 76.1 Å². The van der Waals surface area contributed by atoms with Gasteiger partial charge >= 0.3 is 5.97 Å². The van der Waals surface area contributed by atoms with Crippen LogP contribution in [0.1, 0.15) is 16.7 Å². The molecule has 1 aromatic carbocycles. The summed E-state index contributed by atoms with van der Waals surface area (Å²) in [7, 11) is 1.29. The molecule has 16 heavy (non-hydrogen) atoms. The molecule has 0 aliphatic carbocycles. The second kappa shape index (κ2) is 5.50. The van der Waals surface area contributed by atoms with Crippen LogP contribution in [0.5, 0.6) is 0 Å². The Hall–Kier alpha value is -1.57. The molecule has 0 bridgehead atoms. The minimum absolute atomic E-state index is 0.0208. The number of halogens is 1. The first kappa shape index (κ1) is 12.5. The van der Waals surface area contributed by atoms with Gasteiger partial charge in [-0.2, -0.15) is 5.26 Å². The summed E-state index contributed by atoms with van der Waals surface area (Å²) in [6, 6.07) is 5.23. The molecule has 0 atom stereocenters. The molecular formula is C11H11ClN2O2. The Morgan fingerprint density at radius 1 is 1.56 bits per heavy atom. The summed E-state index contributed by atoms with van der Waals surface area (Å²) in [5.41, 5.74) is 7.08. The van der Waals surface area contributed by atoms with E-state index < -0.39 is 5.97 Å². The fourth-order valence-electron chi connectivity index (χ4n) is 1.40. The summed E-state index contributed by atoms with van der Waals surface area (Å²) in [6.07, 6.45) is 0.0208. The number of benzene rings is 1. The number of nitrogens with zero attached hydrogens (tertiary/aromatic N) is 1. The summed E-state index contributed by atoms with van der Waals surface area (Å²) in [5.74, 6) is -0.415. The number of methoxy groups -OCH3 is 1. The van der Waals surface area contributed by atoms with Crippen molar-refractivity contribution in [1.29, 1.82) is 5.26 Å². The van der Waals surface area contributed by atoms with Gasteiger partial charge in [-0.3, -0.25) is 4.79 Å². The minimum atomic E-state index is -0.415. The fraction of sp³-hybridized carbons (Fsp3) is 0.273. The van der Waals surface area contributed by atoms with E-state index in [4.69, 9.17) is 22.6 Å². The van der Waals surface area contributed by atoms with Crippen LogP contribution in [0.15, 0.2) is 12.1 Å². The number of esters is 1. The lowest BCUT2D eigenvalue weighted by atomic mass is 10.00. The summed E-state index contributed by atoms with van der Waals surface area (Å²) in [5, 5.41) is 9.46. The Morgan fingerprint density at radius 2 is 2.19 bits per heavy atom. The Morgan fingerprint density at radius 3 is 2.69 bits per heavy atom. The SMILES string of the molecule is COC(=O)Cc1cc(Cl)cc(CN)c1C#N. The third kappa shape index (κ3) is 2.72. The number of nitriles is 1. The van der Waals surface area contributed by atoms with Gasteiger partial charge < -0.3 is 10.5 Å². The molecule has 2 N–H and O–H groups in total. The third-order valence-electron chi connectivity index (χ3n) is 2.16. The zero-order valence-electron chi connectivity index (χ0n) is 8.79. The number of nitrogens with two attached hydrogens (primary N) is 1. The van der Waals surface area contributed by atoms with E-state index in [2.05, 4.69) is 4.74 Å². The second-order valence-corrected chi connectivity index (χ2v) is 3.60. The van der Waals surface area contributed by atoms with Crippen molar-refractivity contribution in [2.45, 2.75) is 13.0 Å². The highest BCUT2D eigenvalue weighted by atomic mass is 35.5. The predicted molar refractivity (Wildman–Crippen MR) is 59.8 cm³/mol. The first-order chi connectivity index (χ1) is 7.62. The van der Waals surface area contributed by atoms with E-state index in [9.17, 15) is 4.79 Å². The van der Waals surface area contributed by atoms with Crippen LogP contribution < -0.4 is 5.73 Å². The minimum Gasteiger partial charge on any atom is -0.469 e. The van der Waals surface area contributed by atoms with Crippen LogP contribution in [-0.4, -0.2) is 13.1 Å². The first-order valence-corrected chi connectivity index (χ1v) is 4.98. The molecule has 0 spiro atoms. The lowest BCUT2D eigenvalue weighted by Gasteiger charge is -2.08. The number of carbonyl (C=O) groups excluding carboxylic acids is 1. The van der Waals surface area contributed by atoms with Crippen LogP contribution in [-0.2, 0) is 22.5 Å². The highest BCUT2D eigenvalue weighted by molar-refractivity contribution is 6.30. The number of hydrogen-bond acceptors (Lipinski definition) is 4. The van der Waals surface area contributed by atoms with Gasteiger partial charge in [0.1, 0.15) is 0 Å². The van der Waals surface area contributed by atoms with Crippen LogP contribution in [0.3, 0.4) is 0 Å². The molecule has 1 aromatic rings. The quantitative estimate of drug-likeness (QED) is 0.808. The van der Waals surface area contributed by atoms with Crippen LogP contribution in [0.4, 0.5) is 0 Å². The molecule has 84 valence electrons. The average molecular weight is 239 g/mol. The summed E-state index contributed by atoms with van der Waals surface area (Å²) in [4.78, 5) is 11.2. The highest BCUT2D eigenvalue weighted by Crippen LogP contribution is 2.21. The van der Waals surface area contributed by atoms with E-state index >= 15 is 0 Å². The second-order valence-electron chi connectivity index (χ2n) is 3.17. The van der Waals surface area contributed by atoms with Crippen LogP contribution in [0.2, 0.25) is 5.02 Å². The summed E-state index contributed by atoms with van der Waals surface area (Å²) < 4.78 is 4.54. The molecule has 0 unspecified atom stereocenters. The van der Waals surface area contributed by atoms with Crippen LogP contribution in [0, 0.1) is 11.3 Å². The summed E-state index contributed by atoms with van der Waals surface area (Å²) in [6.45, 7) is 0.206. The Kier molecular flexibility index (Phi) is 4.29. The Labute approximate surface area is 98.6 Å². The van der Waals surface area contributed by atoms with Crippen molar-refractivity contribution in [1.82, 2.24) is 0 Å². The average Bonchev–Trinajstić information content (AvgIpc) is 2.28. The van der Waals surface area contributed by atoms with Gasteiger partial charge in [-0.25, -0.2) is 0 Å². The lowest BCUT2D eigenvalue weighted by Crippen LogP contribution is -2.09. The van der Waals surface area contributed by atoms with Crippen molar-refractivity contribution in [2.75, 3.05) is 7.11 Å². The van der Waals surface area contributed by atoms with E-state index in [0.29, 0.717) is 21.7 Å². The van der Waals surface area contributed by atoms with Gasteiger partial charge in [-0.1, -0.05) is 11.6 Å². The van der Waals surface area contributed by atoms with Gasteiger partial charge in [0.2, 0.25) is 0 Å². The Bertz CT molecular complexity index is 452. The number of rotatable bonds is 3. The molecule has 4 nitrogen and oxygen atoms in total. The van der Waals surface area contributed by atoms with Crippen molar-refractivity contribution < 1.29 is 9.53 Å². The Balaban J connectivity index is 3.21. The molecule has 0 fully saturated rings. The predicted octanol–water partition coefficient (Wildman–Crippen LogP) is 1.39. The fourth-order valence-corrected chi connectivity index (χ4v) is 1.66. The van der Waals surface area contributed by atoms with Gasteiger partial charge in [0.05, 0.1) is 25.2 Å². The summed E-state index contributed by atoms with van der Waals surface area (Å²) >= 11 is 5.87. The largest absolute Gasteiger partial charge is 0.469 e. The molecule has 0 aliphatic heterocycles. The van der Waals surface area contributed by atoms with Gasteiger partial charge in [-0.15, -0.1) is 0 Å². The van der Waals surface area contributed by atoms with Gasteiger partial charge in [0.15, 0.2) is 0 Å². The van der Waals surface area contributed by atoms with Gasteiger partial charge in [0, 0.05) is 11.6 Å². The van der Waals surface area contributed by atoms with Gasteiger partial charge in [-0.05, 0) is 23.3 Å². The standard InChI is InChI=1S/C11H11ClN2O2/c1-16-11(15)4-7-2-9(12)3-8(5-13)10(7)6-14/h2-3H,4-5,13H2,1H3. The molecular weight excluding hydrogens is 228 g/mol. The van der Waals surface area contributed by atoms with E-state index in [0.717, 1.165) is 0 Å². The smallest absolute Gasteiger partial charge is 0.310 e. The highest BCUT2D eigenvalue weighted by Gasteiger charge is 2.12. The van der Waals surface area contributed by atoms with E-state index in [-0.39, 0.29) is 13.0 Å². The zero-order chi connectivity index (χ0) is 12.1. The monoisotopic (exact) mass is 238 g/mol. The normalized spacial score (nSPS) is 9.62. The lowest BCUT2D eigenvalue weighted by molar-refractivity contribution is -0.139. The number of ether oxygens (including phenoxy) is 1. The maximum Gasteiger partial charge on any atom is 0.310 e. The third-order valence-corrected chi connectivity index (χ3v) is 2.38. The maximum absolute atomic E-state index is 11.2. The van der Waals surface area contributed by atoms with Crippen molar-refractivity contribution in [3.8, 4) is 6.07 Å². The maximum atomic E-state index is 11.2. The van der Waals surface area contributed by atoms with Crippen molar-refractivity contribution >= 4 is 17.6 Å². The molecule has 0 heterocycles. The molecule has 0 amide bonds. The van der Waals surface area contributed by atoms with Gasteiger partial charge in [0.25, 0.3) is 0 Å². The van der Waals surface area contributed by atoms with Crippen molar-refractivity contribution in [3.05, 3.63) is 33.8 Å². The zero-order valence-corrected chi connectivity index (χ0v) is 9.54. The number of carbonyl (C=O) groups is 1. The van der Waals surface area contributed by atoms with Crippen LogP contribution >= 0.6 is 11.6 Å². The number of hydrogen-bond donors (Lipinski definition) is 1. The van der Waals surface area contributed by atoms with Crippen molar-refractivity contribution in [2.24, 2.45) is 5.73 Å². The van der Waals surface area contributed by atoms with E-state index in [1.807, 2.05) is 6.07 Å². The molecule has 5 heteroatoms. The molecule has 0 radical (unpaired) electrons. The molecule has 0 aliphatic rings. The molecule has 0 saturated heterocycles. The molecule has 0 saturated carbocycles.